The van der Waals surface area contributed by atoms with Crippen LogP contribution < -0.4 is 0 Å². The van der Waals surface area contributed by atoms with Crippen LogP contribution in [-0.4, -0.2) is 4.98 Å². The molecule has 4 heteroatoms. The Labute approximate surface area is 197 Å². The molecule has 31 heavy (non-hydrogen) atoms. The van der Waals surface area contributed by atoms with Crippen molar-refractivity contribution in [3.8, 4) is 11.1 Å². The lowest BCUT2D eigenvalue weighted by atomic mass is 9.82. The second kappa shape index (κ2) is 7.61. The molecule has 0 amide bonds. The average molecular weight is 537 g/mol. The van der Waals surface area contributed by atoms with Gasteiger partial charge < -0.3 is 4.98 Å². The Balaban J connectivity index is 0.000000192. The molecule has 1 aliphatic rings. The second-order valence-corrected chi connectivity index (χ2v) is 10.0. The Morgan fingerprint density at radius 1 is 0.677 bits per heavy atom. The molecule has 0 saturated carbocycles. The van der Waals surface area contributed by atoms with E-state index in [2.05, 4.69) is 111 Å². The van der Waals surface area contributed by atoms with Crippen molar-refractivity contribution >= 4 is 53.7 Å². The van der Waals surface area contributed by atoms with Crippen LogP contribution in [0.1, 0.15) is 25.0 Å². The van der Waals surface area contributed by atoms with Crippen LogP contribution in [0, 0.1) is 5.82 Å². The van der Waals surface area contributed by atoms with Gasteiger partial charge in [-0.25, -0.2) is 4.39 Å². The molecular weight excluding hydrogens is 517 g/mol. The van der Waals surface area contributed by atoms with Crippen LogP contribution in [0.4, 0.5) is 4.39 Å². The van der Waals surface area contributed by atoms with Gasteiger partial charge in [-0.1, -0.05) is 62.4 Å². The van der Waals surface area contributed by atoms with Gasteiger partial charge in [-0.05, 0) is 84.4 Å². The van der Waals surface area contributed by atoms with Gasteiger partial charge in [0.2, 0.25) is 0 Å². The van der Waals surface area contributed by atoms with Crippen LogP contribution in [0.5, 0.6) is 0 Å². The van der Waals surface area contributed by atoms with Crippen LogP contribution in [-0.2, 0) is 5.41 Å². The molecule has 1 N–H and O–H groups in total. The number of para-hydroxylation sites is 1. The van der Waals surface area contributed by atoms with Gasteiger partial charge >= 0.3 is 0 Å². The average Bonchev–Trinajstić information content (AvgIpc) is 3.24. The molecule has 1 nitrogen and oxygen atoms in total. The minimum Gasteiger partial charge on any atom is -0.355 e. The molecule has 6 rings (SSSR count). The summed E-state index contributed by atoms with van der Waals surface area (Å²) in [6.07, 6.45) is 0. The van der Waals surface area contributed by atoms with E-state index in [0.717, 1.165) is 0 Å². The van der Waals surface area contributed by atoms with Crippen molar-refractivity contribution in [3.05, 3.63) is 105 Å². The van der Waals surface area contributed by atoms with E-state index in [-0.39, 0.29) is 11.2 Å². The normalized spacial score (nSPS) is 13.6. The van der Waals surface area contributed by atoms with Crippen molar-refractivity contribution in [1.82, 2.24) is 4.98 Å². The van der Waals surface area contributed by atoms with Crippen molar-refractivity contribution in [2.45, 2.75) is 19.3 Å². The van der Waals surface area contributed by atoms with E-state index in [1.54, 1.807) is 18.2 Å². The van der Waals surface area contributed by atoms with Crippen LogP contribution in [0.25, 0.3) is 32.9 Å². The second-order valence-electron chi connectivity index (χ2n) is 8.32. The zero-order valence-corrected chi connectivity index (χ0v) is 20.3. The van der Waals surface area contributed by atoms with E-state index in [9.17, 15) is 4.39 Å². The summed E-state index contributed by atoms with van der Waals surface area (Å²) in [5, 5.41) is 2.63. The van der Waals surface area contributed by atoms with Crippen LogP contribution >= 0.6 is 31.9 Å². The number of fused-ring (bicyclic) bond motifs is 6. The van der Waals surface area contributed by atoms with E-state index in [4.69, 9.17) is 0 Å². The summed E-state index contributed by atoms with van der Waals surface area (Å²) in [4.78, 5) is 3.57. The molecular formula is C27H20Br2FN. The van der Waals surface area contributed by atoms with E-state index in [1.807, 2.05) is 0 Å². The lowest BCUT2D eigenvalue weighted by Crippen LogP contribution is -2.14. The SMILES string of the molecule is CC1(C)c2ccccc2-c2cc3c(cc21)[nH]c1ccccc13.Fc1c(Br)cccc1Br. The van der Waals surface area contributed by atoms with E-state index in [0.29, 0.717) is 8.95 Å². The molecule has 0 atom stereocenters. The van der Waals surface area contributed by atoms with Gasteiger partial charge in [-0.15, -0.1) is 0 Å². The quantitative estimate of drug-likeness (QED) is 0.190. The van der Waals surface area contributed by atoms with Crippen molar-refractivity contribution in [1.29, 1.82) is 0 Å². The number of rotatable bonds is 0. The van der Waals surface area contributed by atoms with Gasteiger partial charge in [0.1, 0.15) is 0 Å². The fourth-order valence-electron chi connectivity index (χ4n) is 4.52. The highest BCUT2D eigenvalue weighted by atomic mass is 79.9. The largest absolute Gasteiger partial charge is 0.355 e. The summed E-state index contributed by atoms with van der Waals surface area (Å²) in [5.41, 5.74) is 8.15. The topological polar surface area (TPSA) is 15.8 Å². The number of halogens is 3. The number of hydrogen-bond donors (Lipinski definition) is 1. The summed E-state index contributed by atoms with van der Waals surface area (Å²) in [6.45, 7) is 4.65. The summed E-state index contributed by atoms with van der Waals surface area (Å²) >= 11 is 6.08. The zero-order chi connectivity index (χ0) is 21.8. The first-order valence-corrected chi connectivity index (χ1v) is 11.7. The highest BCUT2D eigenvalue weighted by molar-refractivity contribution is 9.11. The predicted molar refractivity (Wildman–Crippen MR) is 135 cm³/mol. The molecule has 0 unspecified atom stereocenters. The molecule has 0 bridgehead atoms. The standard InChI is InChI=1S/C21H17N.C6H3Br2F/c1-21(2)17-9-5-3-7-13(17)15-11-16-14-8-4-6-10-19(14)22-20(16)12-18(15)21;7-4-2-1-3-5(8)6(4)9/h3-12,22H,1-2H3;1-3H. The third kappa shape index (κ3) is 3.33. The summed E-state index contributed by atoms with van der Waals surface area (Å²) in [7, 11) is 0. The number of nitrogens with one attached hydrogen (secondary N) is 1. The Morgan fingerprint density at radius 3 is 2.10 bits per heavy atom. The maximum absolute atomic E-state index is 12.6. The first-order valence-electron chi connectivity index (χ1n) is 10.1. The molecule has 154 valence electrons. The molecule has 0 fully saturated rings. The molecule has 1 aliphatic carbocycles. The number of benzene rings is 4. The summed E-state index contributed by atoms with van der Waals surface area (Å²) < 4.78 is 13.6. The number of aromatic nitrogens is 1. The predicted octanol–water partition coefficient (Wildman–Crippen LogP) is 8.98. The van der Waals surface area contributed by atoms with Gasteiger partial charge in [-0.3, -0.25) is 0 Å². The fraction of sp³-hybridized carbons (Fsp3) is 0.111. The third-order valence-corrected chi connectivity index (χ3v) is 7.34. The van der Waals surface area contributed by atoms with Crippen LogP contribution in [0.3, 0.4) is 0 Å². The minimum atomic E-state index is -0.252. The maximum Gasteiger partial charge on any atom is 0.151 e. The minimum absolute atomic E-state index is 0.0669. The van der Waals surface area contributed by atoms with Crippen LogP contribution in [0.2, 0.25) is 0 Å². The Bertz CT molecular complexity index is 1430. The van der Waals surface area contributed by atoms with Gasteiger partial charge in [-0.2, -0.15) is 0 Å². The van der Waals surface area contributed by atoms with Crippen molar-refractivity contribution in [2.75, 3.05) is 0 Å². The Hall–Kier alpha value is -2.43. The third-order valence-electron chi connectivity index (χ3n) is 6.11. The van der Waals surface area contributed by atoms with E-state index < -0.39 is 0 Å². The monoisotopic (exact) mass is 535 g/mol. The first kappa shape index (κ1) is 20.5. The first-order chi connectivity index (χ1) is 14.9. The molecule has 1 heterocycles. The lowest BCUT2D eigenvalue weighted by molar-refractivity contribution is 0.614. The molecule has 5 aromatic rings. The molecule has 1 aromatic heterocycles. The van der Waals surface area contributed by atoms with Gasteiger partial charge in [0.25, 0.3) is 0 Å². The summed E-state index contributed by atoms with van der Waals surface area (Å²) in [5.74, 6) is -0.252. The van der Waals surface area contributed by atoms with Crippen molar-refractivity contribution in [2.24, 2.45) is 0 Å². The molecule has 0 saturated heterocycles. The fourth-order valence-corrected chi connectivity index (χ4v) is 5.52. The van der Waals surface area contributed by atoms with Gasteiger partial charge in [0, 0.05) is 27.2 Å². The smallest absolute Gasteiger partial charge is 0.151 e. The zero-order valence-electron chi connectivity index (χ0n) is 17.1. The molecule has 0 spiro atoms. The van der Waals surface area contributed by atoms with Gasteiger partial charge in [0.05, 0.1) is 8.95 Å². The number of aromatic amines is 1. The highest BCUT2D eigenvalue weighted by Crippen LogP contribution is 2.50. The molecule has 0 aliphatic heterocycles. The van der Waals surface area contributed by atoms with Gasteiger partial charge in [0.15, 0.2) is 5.82 Å². The van der Waals surface area contributed by atoms with E-state index in [1.165, 1.54) is 44.1 Å². The Kier molecular flexibility index (Phi) is 5.03. The Morgan fingerprint density at radius 2 is 1.35 bits per heavy atom. The molecule has 4 aromatic carbocycles. The number of hydrogen-bond acceptors (Lipinski definition) is 0. The van der Waals surface area contributed by atoms with E-state index >= 15 is 0 Å². The highest BCUT2D eigenvalue weighted by Gasteiger charge is 2.35. The van der Waals surface area contributed by atoms with Crippen molar-refractivity contribution < 1.29 is 4.39 Å². The lowest BCUT2D eigenvalue weighted by Gasteiger charge is -2.21. The summed E-state index contributed by atoms with van der Waals surface area (Å²) in [6, 6.07) is 27.2. The molecule has 0 radical (unpaired) electrons. The number of H-pyrrole nitrogens is 1. The maximum atomic E-state index is 12.6. The van der Waals surface area contributed by atoms with Crippen molar-refractivity contribution in [3.63, 3.8) is 0 Å². The van der Waals surface area contributed by atoms with Crippen LogP contribution in [0.15, 0.2) is 87.8 Å².